The van der Waals surface area contributed by atoms with Crippen LogP contribution in [0.2, 0.25) is 0 Å². The molecule has 0 radical (unpaired) electrons. The molecule has 0 saturated carbocycles. The largest absolute Gasteiger partial charge is 0.382 e. The van der Waals surface area contributed by atoms with Gasteiger partial charge in [-0.25, -0.2) is 9.67 Å². The van der Waals surface area contributed by atoms with E-state index in [1.807, 2.05) is 26.0 Å². The Morgan fingerprint density at radius 1 is 1.47 bits per heavy atom. The van der Waals surface area contributed by atoms with Crippen LogP contribution >= 0.6 is 0 Å². The van der Waals surface area contributed by atoms with Crippen LogP contribution in [0.25, 0.3) is 0 Å². The number of pyridine rings is 1. The van der Waals surface area contributed by atoms with Gasteiger partial charge in [0, 0.05) is 11.8 Å². The minimum absolute atomic E-state index is 0.0323. The van der Waals surface area contributed by atoms with Crippen molar-refractivity contribution in [2.45, 2.75) is 20.4 Å². The Labute approximate surface area is 99.0 Å². The predicted molar refractivity (Wildman–Crippen MR) is 63.9 cm³/mol. The fraction of sp³-hybridized carbons (Fsp3) is 0.273. The smallest absolute Gasteiger partial charge is 0.147 e. The van der Waals surface area contributed by atoms with E-state index in [1.54, 1.807) is 10.9 Å². The molecule has 0 atom stereocenters. The number of nitrogens with two attached hydrogens (primary N) is 1. The van der Waals surface area contributed by atoms with Crippen molar-refractivity contribution in [3.05, 3.63) is 41.2 Å². The minimum atomic E-state index is -0.0323. The van der Waals surface area contributed by atoms with Crippen LogP contribution in [0, 0.1) is 19.3 Å². The molecular weight excluding hydrogens is 216 g/mol. The molecule has 0 unspecified atom stereocenters. The molecule has 3 N–H and O–H groups in total. The van der Waals surface area contributed by atoms with Crippen LogP contribution in [-0.4, -0.2) is 25.6 Å². The Kier molecular flexibility index (Phi) is 2.86. The molecule has 0 aliphatic rings. The van der Waals surface area contributed by atoms with Gasteiger partial charge in [-0.2, -0.15) is 5.10 Å². The summed E-state index contributed by atoms with van der Waals surface area (Å²) in [5, 5.41) is 11.7. The first-order valence-electron chi connectivity index (χ1n) is 5.24. The number of nitrogens with one attached hydrogen (secondary N) is 1. The van der Waals surface area contributed by atoms with Crippen molar-refractivity contribution in [1.82, 2.24) is 19.7 Å². The van der Waals surface area contributed by atoms with Crippen molar-refractivity contribution in [3.63, 3.8) is 0 Å². The van der Waals surface area contributed by atoms with Crippen LogP contribution in [0.5, 0.6) is 0 Å². The summed E-state index contributed by atoms with van der Waals surface area (Å²) in [5.74, 6) is 1.53. The topological polar surface area (TPSA) is 93.5 Å². The Morgan fingerprint density at radius 2 is 2.24 bits per heavy atom. The molecule has 6 nitrogen and oxygen atoms in total. The van der Waals surface area contributed by atoms with Gasteiger partial charge in [-0.3, -0.25) is 10.4 Å². The van der Waals surface area contributed by atoms with E-state index in [9.17, 15) is 0 Å². The first-order chi connectivity index (χ1) is 8.08. The molecule has 0 aliphatic carbocycles. The first kappa shape index (κ1) is 11.3. The zero-order valence-electron chi connectivity index (χ0n) is 9.81. The van der Waals surface area contributed by atoms with Gasteiger partial charge >= 0.3 is 0 Å². The van der Waals surface area contributed by atoms with Crippen molar-refractivity contribution in [1.29, 1.82) is 5.41 Å². The van der Waals surface area contributed by atoms with E-state index in [-0.39, 0.29) is 5.84 Å². The third-order valence-corrected chi connectivity index (χ3v) is 2.43. The van der Waals surface area contributed by atoms with Gasteiger partial charge in [0.1, 0.15) is 23.2 Å². The average molecular weight is 230 g/mol. The number of aryl methyl sites for hydroxylation is 2. The third kappa shape index (κ3) is 2.30. The third-order valence-electron chi connectivity index (χ3n) is 2.43. The number of hydrogen-bond donors (Lipinski definition) is 2. The maximum absolute atomic E-state index is 7.47. The summed E-state index contributed by atoms with van der Waals surface area (Å²) in [7, 11) is 0. The van der Waals surface area contributed by atoms with Gasteiger partial charge in [-0.05, 0) is 19.9 Å². The summed E-state index contributed by atoms with van der Waals surface area (Å²) in [6, 6.07) is 3.71. The van der Waals surface area contributed by atoms with Crippen molar-refractivity contribution < 1.29 is 0 Å². The van der Waals surface area contributed by atoms with Gasteiger partial charge in [0.25, 0.3) is 0 Å². The summed E-state index contributed by atoms with van der Waals surface area (Å²) in [6.07, 6.45) is 1.62. The summed E-state index contributed by atoms with van der Waals surface area (Å²) in [4.78, 5) is 8.33. The normalized spacial score (nSPS) is 10.5. The first-order valence-corrected chi connectivity index (χ1v) is 5.24. The van der Waals surface area contributed by atoms with E-state index in [0.717, 1.165) is 17.2 Å². The van der Waals surface area contributed by atoms with Crippen molar-refractivity contribution >= 4 is 5.84 Å². The van der Waals surface area contributed by atoms with Crippen LogP contribution in [0.1, 0.15) is 22.9 Å². The standard InChI is InChI=1S/C11H14N6/c1-7-15-8(2)17(16-7)6-9-4-3-5-14-10(9)11(12)13/h3-5H,6H2,1-2H3,(H3,12,13). The Morgan fingerprint density at radius 3 is 2.82 bits per heavy atom. The second-order valence-electron chi connectivity index (χ2n) is 3.79. The summed E-state index contributed by atoms with van der Waals surface area (Å²) >= 11 is 0. The van der Waals surface area contributed by atoms with E-state index >= 15 is 0 Å². The van der Waals surface area contributed by atoms with Crippen LogP contribution in [0.15, 0.2) is 18.3 Å². The number of hydrogen-bond acceptors (Lipinski definition) is 4. The summed E-state index contributed by atoms with van der Waals surface area (Å²) < 4.78 is 1.78. The fourth-order valence-electron chi connectivity index (χ4n) is 1.68. The molecule has 0 saturated heterocycles. The van der Waals surface area contributed by atoms with E-state index < -0.39 is 0 Å². The maximum atomic E-state index is 7.47. The molecule has 88 valence electrons. The zero-order chi connectivity index (χ0) is 12.4. The Bertz CT molecular complexity index is 557. The zero-order valence-corrected chi connectivity index (χ0v) is 9.81. The van der Waals surface area contributed by atoms with Crippen LogP contribution in [0.4, 0.5) is 0 Å². The highest BCUT2D eigenvalue weighted by Crippen LogP contribution is 2.08. The van der Waals surface area contributed by atoms with E-state index in [2.05, 4.69) is 15.1 Å². The molecule has 2 heterocycles. The molecule has 2 aromatic rings. The molecule has 17 heavy (non-hydrogen) atoms. The lowest BCUT2D eigenvalue weighted by atomic mass is 10.2. The lowest BCUT2D eigenvalue weighted by Crippen LogP contribution is -2.17. The van der Waals surface area contributed by atoms with Gasteiger partial charge in [-0.1, -0.05) is 6.07 Å². The number of nitrogen functional groups attached to an aromatic ring is 1. The van der Waals surface area contributed by atoms with Crippen molar-refractivity contribution in [3.8, 4) is 0 Å². The van der Waals surface area contributed by atoms with Crippen molar-refractivity contribution in [2.24, 2.45) is 5.73 Å². The van der Waals surface area contributed by atoms with Gasteiger partial charge in [-0.15, -0.1) is 0 Å². The molecule has 0 aliphatic heterocycles. The minimum Gasteiger partial charge on any atom is -0.382 e. The summed E-state index contributed by atoms with van der Waals surface area (Å²) in [5.41, 5.74) is 6.86. The van der Waals surface area contributed by atoms with Crippen LogP contribution in [-0.2, 0) is 6.54 Å². The fourth-order valence-corrected chi connectivity index (χ4v) is 1.68. The second-order valence-corrected chi connectivity index (χ2v) is 3.79. The van der Waals surface area contributed by atoms with Crippen LogP contribution in [0.3, 0.4) is 0 Å². The lowest BCUT2D eigenvalue weighted by molar-refractivity contribution is 0.653. The Balaban J connectivity index is 2.36. The van der Waals surface area contributed by atoms with E-state index in [1.165, 1.54) is 0 Å². The second kappa shape index (κ2) is 4.32. The monoisotopic (exact) mass is 230 g/mol. The highest BCUT2D eigenvalue weighted by atomic mass is 15.3. The number of rotatable bonds is 3. The SMILES string of the molecule is Cc1nc(C)n(Cc2cccnc2C(=N)N)n1. The molecule has 2 aromatic heterocycles. The van der Waals surface area contributed by atoms with E-state index in [0.29, 0.717) is 12.2 Å². The van der Waals surface area contributed by atoms with Crippen molar-refractivity contribution in [2.75, 3.05) is 0 Å². The molecule has 0 bridgehead atoms. The lowest BCUT2D eigenvalue weighted by Gasteiger charge is -2.07. The molecule has 0 spiro atoms. The summed E-state index contributed by atoms with van der Waals surface area (Å²) in [6.45, 7) is 4.26. The Hall–Kier alpha value is -2.24. The molecule has 2 rings (SSSR count). The average Bonchev–Trinajstić information content (AvgIpc) is 2.58. The molecular formula is C11H14N6. The predicted octanol–water partition coefficient (Wildman–Crippen LogP) is 0.622. The number of amidine groups is 1. The molecule has 6 heteroatoms. The van der Waals surface area contributed by atoms with Gasteiger partial charge in [0.05, 0.1) is 6.54 Å². The molecule has 0 aromatic carbocycles. The highest BCUT2D eigenvalue weighted by molar-refractivity contribution is 5.94. The van der Waals surface area contributed by atoms with Gasteiger partial charge in [0.2, 0.25) is 0 Å². The van der Waals surface area contributed by atoms with E-state index in [4.69, 9.17) is 11.1 Å². The molecule has 0 fully saturated rings. The van der Waals surface area contributed by atoms with Gasteiger partial charge < -0.3 is 5.73 Å². The maximum Gasteiger partial charge on any atom is 0.147 e. The highest BCUT2D eigenvalue weighted by Gasteiger charge is 2.09. The van der Waals surface area contributed by atoms with Crippen LogP contribution < -0.4 is 5.73 Å². The van der Waals surface area contributed by atoms with Gasteiger partial charge in [0.15, 0.2) is 0 Å². The quantitative estimate of drug-likeness (QED) is 0.597. The molecule has 0 amide bonds. The number of nitrogens with zero attached hydrogens (tertiary/aromatic N) is 4. The number of aromatic nitrogens is 4.